The molecule has 0 radical (unpaired) electrons. The molecule has 9 heteroatoms. The van der Waals surface area contributed by atoms with E-state index >= 15 is 0 Å². The number of nitrogens with zero attached hydrogens (tertiary/aromatic N) is 6. The van der Waals surface area contributed by atoms with Crippen molar-refractivity contribution in [2.45, 2.75) is 13.0 Å². The molecule has 1 aromatic carbocycles. The zero-order valence-electron chi connectivity index (χ0n) is 17.5. The Morgan fingerprint density at radius 1 is 1.19 bits per heavy atom. The highest BCUT2D eigenvalue weighted by Gasteiger charge is 2.17. The molecule has 0 bridgehead atoms. The number of hydrogen-bond acceptors (Lipinski definition) is 8. The average molecular weight is 420 g/mol. The molecule has 1 fully saturated rings. The Bertz CT molecular complexity index is 1120. The number of likely N-dealkylation sites (N-methyl/N-ethyl adjacent to an activating group) is 1. The van der Waals surface area contributed by atoms with Crippen molar-refractivity contribution in [2.24, 2.45) is 0 Å². The number of anilines is 2. The first kappa shape index (κ1) is 20.9. The molecule has 160 valence electrons. The minimum Gasteiger partial charge on any atom is -0.382 e. The molecule has 0 spiro atoms. The lowest BCUT2D eigenvalue weighted by Gasteiger charge is -2.32. The van der Waals surface area contributed by atoms with Gasteiger partial charge in [-0.05, 0) is 37.2 Å². The van der Waals surface area contributed by atoms with E-state index in [0.717, 1.165) is 49.4 Å². The molecule has 0 unspecified atom stereocenters. The lowest BCUT2D eigenvalue weighted by atomic mass is 10.1. The number of hydrogen-bond donors (Lipinski definition) is 2. The Balaban J connectivity index is 1.56. The molecule has 3 N–H and O–H groups in total. The van der Waals surface area contributed by atoms with Crippen molar-refractivity contribution in [3.63, 3.8) is 0 Å². The highest BCUT2D eigenvalue weighted by Crippen LogP contribution is 2.21. The Labute approximate surface area is 180 Å². The summed E-state index contributed by atoms with van der Waals surface area (Å²) in [5, 5.41) is 13.4. The van der Waals surface area contributed by atoms with Crippen LogP contribution in [0.3, 0.4) is 0 Å². The van der Waals surface area contributed by atoms with E-state index in [2.05, 4.69) is 38.2 Å². The van der Waals surface area contributed by atoms with Gasteiger partial charge in [-0.25, -0.2) is 14.4 Å². The quantitative estimate of drug-likeness (QED) is 0.624. The number of piperazine rings is 1. The molecular weight excluding hydrogens is 395 g/mol. The van der Waals surface area contributed by atoms with Gasteiger partial charge in [0.05, 0.1) is 11.2 Å². The summed E-state index contributed by atoms with van der Waals surface area (Å²) in [7, 11) is 2.13. The standard InChI is InChI=1S/C22H25FN8/c1-30-6-8-31(9-7-30)13-20-16(10-15-2-3-17(23)11-19(15)29-20)4-5-26-22-18(12-24)21(25)27-14-28-22/h2-3,10-11,14H,4-9,13H2,1H3,(H3,25,26,27,28). The molecule has 2 aromatic heterocycles. The van der Waals surface area contributed by atoms with Crippen LogP contribution >= 0.6 is 0 Å². The average Bonchev–Trinajstić information content (AvgIpc) is 2.76. The maximum absolute atomic E-state index is 13.8. The van der Waals surface area contributed by atoms with E-state index in [1.807, 2.05) is 6.07 Å². The van der Waals surface area contributed by atoms with Crippen LogP contribution in [0, 0.1) is 17.1 Å². The second kappa shape index (κ2) is 9.20. The highest BCUT2D eigenvalue weighted by molar-refractivity contribution is 5.79. The summed E-state index contributed by atoms with van der Waals surface area (Å²) < 4.78 is 13.8. The van der Waals surface area contributed by atoms with Crippen LogP contribution in [0.25, 0.3) is 10.9 Å². The van der Waals surface area contributed by atoms with Crippen LogP contribution < -0.4 is 11.1 Å². The Morgan fingerprint density at radius 2 is 2.00 bits per heavy atom. The summed E-state index contributed by atoms with van der Waals surface area (Å²) in [5.41, 5.74) is 8.71. The molecule has 31 heavy (non-hydrogen) atoms. The summed E-state index contributed by atoms with van der Waals surface area (Å²) in [5.74, 6) is 0.293. The van der Waals surface area contributed by atoms with Gasteiger partial charge in [0, 0.05) is 50.7 Å². The van der Waals surface area contributed by atoms with Crippen molar-refractivity contribution < 1.29 is 4.39 Å². The van der Waals surface area contributed by atoms with Crippen molar-refractivity contribution in [3.8, 4) is 6.07 Å². The fourth-order valence-electron chi connectivity index (χ4n) is 3.75. The van der Waals surface area contributed by atoms with E-state index in [-0.39, 0.29) is 17.2 Å². The van der Waals surface area contributed by atoms with Gasteiger partial charge in [0.15, 0.2) is 0 Å². The van der Waals surface area contributed by atoms with Crippen LogP contribution in [-0.4, -0.2) is 64.5 Å². The Hall–Kier alpha value is -3.35. The van der Waals surface area contributed by atoms with Gasteiger partial charge in [0.2, 0.25) is 0 Å². The molecule has 8 nitrogen and oxygen atoms in total. The van der Waals surface area contributed by atoms with Gasteiger partial charge in [-0.15, -0.1) is 0 Å². The third kappa shape index (κ3) is 4.87. The largest absolute Gasteiger partial charge is 0.382 e. The number of nitriles is 1. The molecule has 3 aromatic rings. The lowest BCUT2D eigenvalue weighted by Crippen LogP contribution is -2.44. The maximum Gasteiger partial charge on any atom is 0.149 e. The monoisotopic (exact) mass is 420 g/mol. The van der Waals surface area contributed by atoms with Crippen LogP contribution in [0.15, 0.2) is 30.6 Å². The Kier molecular flexibility index (Phi) is 6.21. The highest BCUT2D eigenvalue weighted by atomic mass is 19.1. The molecule has 0 atom stereocenters. The Morgan fingerprint density at radius 3 is 2.77 bits per heavy atom. The second-order valence-corrected chi connectivity index (χ2v) is 7.78. The minimum atomic E-state index is -0.287. The van der Waals surface area contributed by atoms with Gasteiger partial charge in [-0.2, -0.15) is 5.26 Å². The normalized spacial score (nSPS) is 15.1. The molecule has 1 aliphatic rings. The van der Waals surface area contributed by atoms with Crippen molar-refractivity contribution in [1.82, 2.24) is 24.8 Å². The van der Waals surface area contributed by atoms with Crippen LogP contribution in [0.1, 0.15) is 16.8 Å². The number of halogens is 1. The van der Waals surface area contributed by atoms with E-state index in [0.29, 0.717) is 24.3 Å². The fraction of sp³-hybridized carbons (Fsp3) is 0.364. The first-order valence-electron chi connectivity index (χ1n) is 10.3. The summed E-state index contributed by atoms with van der Waals surface area (Å²) in [6, 6.07) is 8.81. The number of pyridine rings is 1. The molecule has 0 aliphatic carbocycles. The summed E-state index contributed by atoms with van der Waals surface area (Å²) in [4.78, 5) is 17.5. The number of nitrogen functional groups attached to an aromatic ring is 1. The zero-order valence-corrected chi connectivity index (χ0v) is 17.5. The third-order valence-electron chi connectivity index (χ3n) is 5.59. The number of fused-ring (bicyclic) bond motifs is 1. The molecule has 0 amide bonds. The van der Waals surface area contributed by atoms with E-state index in [1.165, 1.54) is 18.5 Å². The smallest absolute Gasteiger partial charge is 0.149 e. The predicted molar refractivity (Wildman–Crippen MR) is 118 cm³/mol. The van der Waals surface area contributed by atoms with Crippen LogP contribution in [0.5, 0.6) is 0 Å². The van der Waals surface area contributed by atoms with E-state index in [4.69, 9.17) is 10.7 Å². The molecule has 0 saturated carbocycles. The van der Waals surface area contributed by atoms with Gasteiger partial charge in [-0.3, -0.25) is 9.88 Å². The molecule has 1 aliphatic heterocycles. The van der Waals surface area contributed by atoms with E-state index < -0.39 is 0 Å². The van der Waals surface area contributed by atoms with Crippen molar-refractivity contribution >= 4 is 22.5 Å². The number of nitrogens with two attached hydrogens (primary N) is 1. The topological polar surface area (TPSA) is 107 Å². The van der Waals surface area contributed by atoms with Crippen LogP contribution in [0.2, 0.25) is 0 Å². The second-order valence-electron chi connectivity index (χ2n) is 7.78. The number of benzene rings is 1. The molecule has 1 saturated heterocycles. The fourth-order valence-corrected chi connectivity index (χ4v) is 3.75. The van der Waals surface area contributed by atoms with Crippen molar-refractivity contribution in [2.75, 3.05) is 50.8 Å². The predicted octanol–water partition coefficient (Wildman–Crippen LogP) is 2.02. The zero-order chi connectivity index (χ0) is 21.8. The van der Waals surface area contributed by atoms with E-state index in [9.17, 15) is 9.65 Å². The molecule has 3 heterocycles. The van der Waals surface area contributed by atoms with Crippen LogP contribution in [0.4, 0.5) is 16.0 Å². The van der Waals surface area contributed by atoms with Gasteiger partial charge in [-0.1, -0.05) is 0 Å². The van der Waals surface area contributed by atoms with Gasteiger partial charge >= 0.3 is 0 Å². The van der Waals surface area contributed by atoms with Crippen molar-refractivity contribution in [3.05, 3.63) is 53.2 Å². The maximum atomic E-state index is 13.8. The number of rotatable bonds is 6. The van der Waals surface area contributed by atoms with Gasteiger partial charge in [0.1, 0.15) is 35.4 Å². The first-order chi connectivity index (χ1) is 15.0. The third-order valence-corrected chi connectivity index (χ3v) is 5.59. The first-order valence-corrected chi connectivity index (χ1v) is 10.3. The van der Waals surface area contributed by atoms with Crippen molar-refractivity contribution in [1.29, 1.82) is 5.26 Å². The summed E-state index contributed by atoms with van der Waals surface area (Å²) in [6.45, 7) is 5.26. The van der Waals surface area contributed by atoms with Gasteiger partial charge < -0.3 is 16.0 Å². The molecular formula is C22H25FN8. The van der Waals surface area contributed by atoms with E-state index in [1.54, 1.807) is 6.07 Å². The molecule has 4 rings (SSSR count). The van der Waals surface area contributed by atoms with Crippen LogP contribution in [-0.2, 0) is 13.0 Å². The minimum absolute atomic E-state index is 0.158. The SMILES string of the molecule is CN1CCN(Cc2nc3cc(F)ccc3cc2CCNc2ncnc(N)c2C#N)CC1. The summed E-state index contributed by atoms with van der Waals surface area (Å²) in [6.07, 6.45) is 2.02. The number of nitrogens with one attached hydrogen (secondary N) is 1. The number of aromatic nitrogens is 3. The van der Waals surface area contributed by atoms with Gasteiger partial charge in [0.25, 0.3) is 0 Å². The summed E-state index contributed by atoms with van der Waals surface area (Å²) >= 11 is 0. The lowest BCUT2D eigenvalue weighted by molar-refractivity contribution is 0.146.